The van der Waals surface area contributed by atoms with E-state index < -0.39 is 0 Å². The number of piperidine rings is 1. The van der Waals surface area contributed by atoms with Crippen LogP contribution in [0.5, 0.6) is 0 Å². The molecule has 0 amide bonds. The van der Waals surface area contributed by atoms with Crippen LogP contribution in [0.3, 0.4) is 0 Å². The number of benzene rings is 1. The first-order valence-corrected chi connectivity index (χ1v) is 9.05. The van der Waals surface area contributed by atoms with Crippen LogP contribution in [-0.4, -0.2) is 42.9 Å². The van der Waals surface area contributed by atoms with Gasteiger partial charge in [-0.05, 0) is 44.7 Å². The van der Waals surface area contributed by atoms with Crippen LogP contribution in [0.4, 0.5) is 5.69 Å². The van der Waals surface area contributed by atoms with Crippen LogP contribution in [0.1, 0.15) is 31.7 Å². The number of nitrogens with zero attached hydrogens (tertiary/aromatic N) is 3. The van der Waals surface area contributed by atoms with Gasteiger partial charge in [0.2, 0.25) is 0 Å². The van der Waals surface area contributed by atoms with Crippen molar-refractivity contribution in [1.82, 2.24) is 4.90 Å². The summed E-state index contributed by atoms with van der Waals surface area (Å²) >= 11 is 1.66. The van der Waals surface area contributed by atoms with Gasteiger partial charge in [0.25, 0.3) is 0 Å². The lowest BCUT2D eigenvalue weighted by molar-refractivity contribution is 0.115. The maximum atomic E-state index is 9.58. The van der Waals surface area contributed by atoms with E-state index in [1.54, 1.807) is 11.8 Å². The van der Waals surface area contributed by atoms with Gasteiger partial charge < -0.3 is 4.90 Å². The van der Waals surface area contributed by atoms with Gasteiger partial charge in [-0.3, -0.25) is 4.90 Å². The second-order valence-electron chi connectivity index (χ2n) is 6.11. The molecule has 2 saturated heterocycles. The van der Waals surface area contributed by atoms with E-state index in [9.17, 15) is 5.26 Å². The van der Waals surface area contributed by atoms with Crippen molar-refractivity contribution in [2.45, 2.75) is 43.2 Å². The number of anilines is 1. The van der Waals surface area contributed by atoms with E-state index in [2.05, 4.69) is 34.9 Å². The summed E-state index contributed by atoms with van der Waals surface area (Å²) < 4.78 is 0. The van der Waals surface area contributed by atoms with E-state index in [1.807, 2.05) is 12.3 Å². The Morgan fingerprint density at radius 1 is 1.29 bits per heavy atom. The van der Waals surface area contributed by atoms with Gasteiger partial charge in [0.1, 0.15) is 6.07 Å². The summed E-state index contributed by atoms with van der Waals surface area (Å²) in [5.74, 6) is 0. The molecule has 0 spiro atoms. The number of thioether (sulfide) groups is 1. The minimum absolute atomic E-state index is 0.476. The molecule has 112 valence electrons. The van der Waals surface area contributed by atoms with Crippen molar-refractivity contribution in [2.24, 2.45) is 0 Å². The monoisotopic (exact) mass is 301 g/mol. The molecule has 2 aliphatic rings. The van der Waals surface area contributed by atoms with Crippen molar-refractivity contribution in [3.63, 3.8) is 0 Å². The Kier molecular flexibility index (Phi) is 4.42. The third kappa shape index (κ3) is 2.77. The van der Waals surface area contributed by atoms with Crippen molar-refractivity contribution < 1.29 is 0 Å². The number of rotatable bonds is 2. The lowest BCUT2D eigenvalue weighted by Crippen LogP contribution is -2.59. The fraction of sp³-hybridized carbons (Fsp3) is 0.588. The third-order valence-electron chi connectivity index (χ3n) is 4.83. The quantitative estimate of drug-likeness (QED) is 0.784. The van der Waals surface area contributed by atoms with Gasteiger partial charge in [-0.25, -0.2) is 0 Å². The molecule has 1 aromatic carbocycles. The van der Waals surface area contributed by atoms with E-state index in [0.717, 1.165) is 29.2 Å². The molecule has 2 heterocycles. The first kappa shape index (κ1) is 14.7. The van der Waals surface area contributed by atoms with Crippen LogP contribution in [-0.2, 0) is 0 Å². The Morgan fingerprint density at radius 2 is 2.14 bits per heavy atom. The molecule has 21 heavy (non-hydrogen) atoms. The summed E-state index contributed by atoms with van der Waals surface area (Å²) in [6.07, 6.45) is 6.03. The molecule has 3 nitrogen and oxygen atoms in total. The van der Waals surface area contributed by atoms with E-state index in [0.29, 0.717) is 12.1 Å². The molecular formula is C17H23N3S. The highest BCUT2D eigenvalue weighted by Gasteiger charge is 2.34. The normalized spacial score (nSPS) is 26.2. The van der Waals surface area contributed by atoms with E-state index in [1.165, 1.54) is 25.8 Å². The average Bonchev–Trinajstić information content (AvgIpc) is 2.53. The Balaban J connectivity index is 1.91. The van der Waals surface area contributed by atoms with Gasteiger partial charge in [-0.1, -0.05) is 12.5 Å². The largest absolute Gasteiger partial charge is 0.365 e. The van der Waals surface area contributed by atoms with Crippen molar-refractivity contribution in [3.8, 4) is 6.07 Å². The van der Waals surface area contributed by atoms with Gasteiger partial charge in [0.05, 0.1) is 11.3 Å². The summed E-state index contributed by atoms with van der Waals surface area (Å²) in [4.78, 5) is 6.20. The predicted molar refractivity (Wildman–Crippen MR) is 89.0 cm³/mol. The summed E-state index contributed by atoms with van der Waals surface area (Å²) in [6.45, 7) is 5.73. The van der Waals surface area contributed by atoms with Gasteiger partial charge in [-0.2, -0.15) is 5.26 Å². The molecule has 0 aromatic heterocycles. The van der Waals surface area contributed by atoms with Crippen molar-refractivity contribution in [3.05, 3.63) is 23.8 Å². The first-order valence-electron chi connectivity index (χ1n) is 7.82. The number of hydrogen-bond donors (Lipinski definition) is 0. The second-order valence-corrected chi connectivity index (χ2v) is 6.96. The second kappa shape index (κ2) is 6.29. The maximum absolute atomic E-state index is 9.58. The Morgan fingerprint density at radius 3 is 2.90 bits per heavy atom. The lowest BCUT2D eigenvalue weighted by Gasteiger charge is -2.48. The molecule has 0 radical (unpaired) electrons. The van der Waals surface area contributed by atoms with Crippen LogP contribution in [0.15, 0.2) is 23.1 Å². The first-order chi connectivity index (χ1) is 10.2. The summed E-state index contributed by atoms with van der Waals surface area (Å²) in [5.41, 5.74) is 1.98. The molecule has 3 rings (SSSR count). The molecule has 1 aromatic rings. The highest BCUT2D eigenvalue weighted by atomic mass is 32.2. The third-order valence-corrected chi connectivity index (χ3v) is 5.61. The van der Waals surface area contributed by atoms with E-state index in [4.69, 9.17) is 0 Å². The van der Waals surface area contributed by atoms with Crippen molar-refractivity contribution in [1.29, 1.82) is 5.26 Å². The molecule has 0 N–H and O–H groups in total. The Hall–Kier alpha value is -1.18. The fourth-order valence-electron chi connectivity index (χ4n) is 3.73. The number of nitriles is 1. The molecule has 0 bridgehead atoms. The van der Waals surface area contributed by atoms with Crippen LogP contribution >= 0.6 is 11.8 Å². The van der Waals surface area contributed by atoms with Gasteiger partial charge in [-0.15, -0.1) is 11.8 Å². The minimum atomic E-state index is 0.476. The molecule has 2 unspecified atom stereocenters. The maximum Gasteiger partial charge on any atom is 0.103 e. The standard InChI is InChI=1S/C17H23N3S/c1-13-11-19-9-4-3-6-14(19)12-20(13)16-7-5-8-17(21-2)15(16)10-18/h5,7-8,13-14H,3-4,6,9,11-12H2,1-2H3. The van der Waals surface area contributed by atoms with E-state index >= 15 is 0 Å². The van der Waals surface area contributed by atoms with Crippen molar-refractivity contribution in [2.75, 3.05) is 30.8 Å². The van der Waals surface area contributed by atoms with Gasteiger partial charge in [0, 0.05) is 30.1 Å². The highest BCUT2D eigenvalue weighted by Crippen LogP contribution is 2.33. The minimum Gasteiger partial charge on any atom is -0.365 e. The smallest absolute Gasteiger partial charge is 0.103 e. The van der Waals surface area contributed by atoms with Gasteiger partial charge >= 0.3 is 0 Å². The highest BCUT2D eigenvalue weighted by molar-refractivity contribution is 7.98. The van der Waals surface area contributed by atoms with Crippen LogP contribution in [0, 0.1) is 11.3 Å². The lowest BCUT2D eigenvalue weighted by atomic mass is 9.96. The summed E-state index contributed by atoms with van der Waals surface area (Å²) in [7, 11) is 0. The Bertz CT molecular complexity index is 551. The zero-order chi connectivity index (χ0) is 14.8. The number of fused-ring (bicyclic) bond motifs is 1. The zero-order valence-corrected chi connectivity index (χ0v) is 13.7. The van der Waals surface area contributed by atoms with Crippen LogP contribution in [0.2, 0.25) is 0 Å². The summed E-state index contributed by atoms with van der Waals surface area (Å²) in [5, 5.41) is 9.58. The zero-order valence-electron chi connectivity index (χ0n) is 12.9. The van der Waals surface area contributed by atoms with E-state index in [-0.39, 0.29) is 0 Å². The van der Waals surface area contributed by atoms with Gasteiger partial charge in [0.15, 0.2) is 0 Å². The predicted octanol–water partition coefficient (Wildman–Crippen LogP) is 3.34. The average molecular weight is 301 g/mol. The molecule has 4 heteroatoms. The molecule has 2 fully saturated rings. The number of piperazine rings is 1. The van der Waals surface area contributed by atoms with Crippen molar-refractivity contribution >= 4 is 17.4 Å². The molecule has 2 atom stereocenters. The SMILES string of the molecule is CSc1cccc(N2CC3CCCCN3CC2C)c1C#N. The molecular weight excluding hydrogens is 278 g/mol. The molecule has 0 saturated carbocycles. The topological polar surface area (TPSA) is 30.3 Å². The molecule has 0 aliphatic carbocycles. The molecule has 2 aliphatic heterocycles. The van der Waals surface area contributed by atoms with Crippen LogP contribution in [0.25, 0.3) is 0 Å². The number of hydrogen-bond acceptors (Lipinski definition) is 4. The van der Waals surface area contributed by atoms with Crippen LogP contribution < -0.4 is 4.90 Å². The Labute approximate surface area is 131 Å². The fourth-order valence-corrected chi connectivity index (χ4v) is 4.30. The summed E-state index contributed by atoms with van der Waals surface area (Å²) in [6, 6.07) is 9.82.